The Kier molecular flexibility index (Phi) is 4.46. The Bertz CT molecular complexity index is 763. The van der Waals surface area contributed by atoms with Gasteiger partial charge in [0.1, 0.15) is 5.82 Å². The van der Waals surface area contributed by atoms with Gasteiger partial charge in [-0.15, -0.1) is 22.9 Å². The van der Waals surface area contributed by atoms with E-state index in [0.717, 1.165) is 29.8 Å². The van der Waals surface area contributed by atoms with Crippen LogP contribution in [-0.2, 0) is 13.0 Å². The maximum Gasteiger partial charge on any atom is 0.127 e. The molecule has 3 rings (SSSR count). The molecule has 0 amide bonds. The van der Waals surface area contributed by atoms with Gasteiger partial charge in [-0.2, -0.15) is 0 Å². The maximum absolute atomic E-state index is 6.27. The molecule has 2 heterocycles. The van der Waals surface area contributed by atoms with Crippen LogP contribution < -0.4 is 0 Å². The first kappa shape index (κ1) is 15.2. The first-order valence-corrected chi connectivity index (χ1v) is 8.65. The molecule has 21 heavy (non-hydrogen) atoms. The molecule has 1 atom stereocenters. The first-order chi connectivity index (χ1) is 10.1. The SMILES string of the molecule is CC(Cl)c1nc2cc(Cl)c(Cl)cc2n1CCc1cccs1. The molecule has 0 spiro atoms. The summed E-state index contributed by atoms with van der Waals surface area (Å²) in [5.74, 6) is 0.849. The van der Waals surface area contributed by atoms with Gasteiger partial charge in [0.2, 0.25) is 0 Å². The summed E-state index contributed by atoms with van der Waals surface area (Å²) in [5.41, 5.74) is 1.81. The maximum atomic E-state index is 6.27. The van der Waals surface area contributed by atoms with Crippen LogP contribution in [0.25, 0.3) is 11.0 Å². The zero-order chi connectivity index (χ0) is 15.0. The van der Waals surface area contributed by atoms with Crippen LogP contribution in [0.15, 0.2) is 29.6 Å². The third-order valence-corrected chi connectivity index (χ3v) is 5.19. The molecule has 0 saturated carbocycles. The molecule has 3 aromatic rings. The monoisotopic (exact) mass is 358 g/mol. The molecule has 2 nitrogen and oxygen atoms in total. The zero-order valence-corrected chi connectivity index (χ0v) is 14.4. The lowest BCUT2D eigenvalue weighted by Gasteiger charge is -2.10. The van der Waals surface area contributed by atoms with Crippen molar-refractivity contribution in [3.63, 3.8) is 0 Å². The number of imidazole rings is 1. The Hall–Kier alpha value is -0.740. The lowest BCUT2D eigenvalue weighted by Crippen LogP contribution is -2.06. The Morgan fingerprint density at radius 3 is 2.71 bits per heavy atom. The van der Waals surface area contributed by atoms with Crippen molar-refractivity contribution in [3.8, 4) is 0 Å². The van der Waals surface area contributed by atoms with Crippen molar-refractivity contribution in [2.24, 2.45) is 0 Å². The second-order valence-corrected chi connectivity index (χ2v) is 7.32. The minimum absolute atomic E-state index is 0.168. The highest BCUT2D eigenvalue weighted by atomic mass is 35.5. The van der Waals surface area contributed by atoms with Crippen LogP contribution in [0.4, 0.5) is 0 Å². The number of benzene rings is 1. The molecular formula is C15H13Cl3N2S. The molecule has 0 aliphatic heterocycles. The third kappa shape index (κ3) is 3.07. The van der Waals surface area contributed by atoms with Gasteiger partial charge in [-0.25, -0.2) is 4.98 Å². The van der Waals surface area contributed by atoms with E-state index in [1.165, 1.54) is 4.88 Å². The lowest BCUT2D eigenvalue weighted by molar-refractivity contribution is 0.672. The molecule has 6 heteroatoms. The van der Waals surface area contributed by atoms with Crippen molar-refractivity contribution in [1.29, 1.82) is 0 Å². The van der Waals surface area contributed by atoms with Gasteiger partial charge < -0.3 is 4.57 Å². The number of aryl methyl sites for hydroxylation is 2. The van der Waals surface area contributed by atoms with Gasteiger partial charge >= 0.3 is 0 Å². The number of hydrogen-bond donors (Lipinski definition) is 0. The van der Waals surface area contributed by atoms with Crippen LogP contribution >= 0.6 is 46.1 Å². The Labute approximate surface area is 142 Å². The Morgan fingerprint density at radius 1 is 1.29 bits per heavy atom. The van der Waals surface area contributed by atoms with E-state index in [2.05, 4.69) is 27.1 Å². The lowest BCUT2D eigenvalue weighted by atomic mass is 10.3. The molecule has 0 N–H and O–H groups in total. The fourth-order valence-corrected chi connectivity index (χ4v) is 3.53. The van der Waals surface area contributed by atoms with E-state index in [4.69, 9.17) is 34.8 Å². The summed E-state index contributed by atoms with van der Waals surface area (Å²) in [7, 11) is 0. The van der Waals surface area contributed by atoms with Crippen LogP contribution in [0.1, 0.15) is 23.0 Å². The van der Waals surface area contributed by atoms with Crippen LogP contribution in [0.2, 0.25) is 10.0 Å². The number of halogens is 3. The second kappa shape index (κ2) is 6.17. The van der Waals surface area contributed by atoms with E-state index < -0.39 is 0 Å². The molecule has 1 unspecified atom stereocenters. The van der Waals surface area contributed by atoms with Gasteiger partial charge in [-0.05, 0) is 36.9 Å². The van der Waals surface area contributed by atoms with Crippen LogP contribution in [0.5, 0.6) is 0 Å². The normalized spacial score (nSPS) is 13.0. The topological polar surface area (TPSA) is 17.8 Å². The van der Waals surface area contributed by atoms with Gasteiger partial charge in [0, 0.05) is 11.4 Å². The summed E-state index contributed by atoms with van der Waals surface area (Å²) in [6, 6.07) is 7.86. The standard InChI is InChI=1S/C15H13Cl3N2S/c1-9(16)15-19-13-7-11(17)12(18)8-14(13)20(15)5-4-10-3-2-6-21-10/h2-3,6-9H,4-5H2,1H3. The zero-order valence-electron chi connectivity index (χ0n) is 11.3. The van der Waals surface area contributed by atoms with Gasteiger partial charge in [0.25, 0.3) is 0 Å². The van der Waals surface area contributed by atoms with E-state index in [1.54, 1.807) is 17.4 Å². The van der Waals surface area contributed by atoms with E-state index in [9.17, 15) is 0 Å². The summed E-state index contributed by atoms with van der Waals surface area (Å²) >= 11 is 20.2. The number of hydrogen-bond acceptors (Lipinski definition) is 2. The molecule has 0 fully saturated rings. The van der Waals surface area contributed by atoms with Crippen LogP contribution in [-0.4, -0.2) is 9.55 Å². The predicted molar refractivity (Wildman–Crippen MR) is 92.0 cm³/mol. The summed E-state index contributed by atoms with van der Waals surface area (Å²) in [6.07, 6.45) is 0.944. The van der Waals surface area contributed by atoms with E-state index >= 15 is 0 Å². The summed E-state index contributed by atoms with van der Waals surface area (Å²) in [6.45, 7) is 2.75. The van der Waals surface area contributed by atoms with Gasteiger partial charge in [-0.1, -0.05) is 29.3 Å². The fraction of sp³-hybridized carbons (Fsp3) is 0.267. The molecular weight excluding hydrogens is 347 g/mol. The molecule has 0 radical (unpaired) electrons. The van der Waals surface area contributed by atoms with Crippen molar-refractivity contribution >= 4 is 57.2 Å². The van der Waals surface area contributed by atoms with Gasteiger partial charge in [0.05, 0.1) is 26.5 Å². The quantitative estimate of drug-likeness (QED) is 0.526. The highest BCUT2D eigenvalue weighted by molar-refractivity contribution is 7.09. The number of nitrogens with zero attached hydrogens (tertiary/aromatic N) is 2. The minimum atomic E-state index is -0.168. The van der Waals surface area contributed by atoms with E-state index in [-0.39, 0.29) is 5.38 Å². The summed E-state index contributed by atoms with van der Waals surface area (Å²) in [4.78, 5) is 5.94. The number of aromatic nitrogens is 2. The highest BCUT2D eigenvalue weighted by Crippen LogP contribution is 2.31. The van der Waals surface area contributed by atoms with E-state index in [0.29, 0.717) is 10.0 Å². The van der Waals surface area contributed by atoms with Crippen molar-refractivity contribution < 1.29 is 0 Å². The third-order valence-electron chi connectivity index (χ3n) is 3.34. The number of alkyl halides is 1. The molecule has 0 aliphatic carbocycles. The van der Waals surface area contributed by atoms with Gasteiger partial charge in [-0.3, -0.25) is 0 Å². The van der Waals surface area contributed by atoms with Crippen molar-refractivity contribution in [3.05, 3.63) is 50.4 Å². The summed E-state index contributed by atoms with van der Waals surface area (Å²) < 4.78 is 2.13. The average Bonchev–Trinajstić information content (AvgIpc) is 3.05. The second-order valence-electron chi connectivity index (χ2n) is 4.82. The predicted octanol–water partition coefficient (Wildman–Crippen LogP) is 5.95. The van der Waals surface area contributed by atoms with Gasteiger partial charge in [0.15, 0.2) is 0 Å². The summed E-state index contributed by atoms with van der Waals surface area (Å²) in [5, 5.41) is 2.97. The number of thiophene rings is 1. The molecule has 0 saturated heterocycles. The Morgan fingerprint density at radius 2 is 2.05 bits per heavy atom. The largest absolute Gasteiger partial charge is 0.326 e. The molecule has 2 aromatic heterocycles. The smallest absolute Gasteiger partial charge is 0.127 e. The van der Waals surface area contributed by atoms with Crippen LogP contribution in [0, 0.1) is 0 Å². The molecule has 0 bridgehead atoms. The van der Waals surface area contributed by atoms with Crippen molar-refractivity contribution in [2.75, 3.05) is 0 Å². The van der Waals surface area contributed by atoms with E-state index in [1.807, 2.05) is 13.0 Å². The number of rotatable bonds is 4. The Balaban J connectivity index is 2.04. The molecule has 0 aliphatic rings. The molecule has 110 valence electrons. The van der Waals surface area contributed by atoms with Crippen LogP contribution in [0.3, 0.4) is 0 Å². The van der Waals surface area contributed by atoms with Crippen molar-refractivity contribution in [2.45, 2.75) is 25.3 Å². The fourth-order valence-electron chi connectivity index (χ4n) is 2.35. The van der Waals surface area contributed by atoms with Crippen molar-refractivity contribution in [1.82, 2.24) is 9.55 Å². The average molecular weight is 360 g/mol. The highest BCUT2D eigenvalue weighted by Gasteiger charge is 2.16. The first-order valence-electron chi connectivity index (χ1n) is 6.58. The number of fused-ring (bicyclic) bond motifs is 1. The minimum Gasteiger partial charge on any atom is -0.326 e. The molecule has 1 aromatic carbocycles.